The molecule has 118 valence electrons. The molecule has 0 aliphatic heterocycles. The number of halogens is 3. The Morgan fingerprint density at radius 2 is 1.70 bits per heavy atom. The third-order valence-electron chi connectivity index (χ3n) is 2.15. The van der Waals surface area contributed by atoms with Crippen molar-refractivity contribution in [3.63, 3.8) is 0 Å². The lowest BCUT2D eigenvalue weighted by atomic mass is 10.2. The molecule has 0 radical (unpaired) electrons. The molecule has 0 saturated heterocycles. The van der Waals surface area contributed by atoms with Crippen LogP contribution in [0.3, 0.4) is 0 Å². The molecule has 0 unspecified atom stereocenters. The highest BCUT2D eigenvalue weighted by Gasteiger charge is 2.38. The van der Waals surface area contributed by atoms with E-state index in [1.807, 2.05) is 0 Å². The van der Waals surface area contributed by atoms with Crippen molar-refractivity contribution in [1.82, 2.24) is 10.2 Å². The molecule has 0 bridgehead atoms. The first-order valence-corrected chi connectivity index (χ1v) is 6.19. The molecule has 1 N–H and O–H groups in total. The van der Waals surface area contributed by atoms with Crippen LogP contribution >= 0.6 is 0 Å². The molecule has 0 aliphatic rings. The second kappa shape index (κ2) is 6.81. The van der Waals surface area contributed by atoms with E-state index in [4.69, 9.17) is 4.74 Å². The lowest BCUT2D eigenvalue weighted by Gasteiger charge is -2.30. The molecule has 5 nitrogen and oxygen atoms in total. The topological polar surface area (TPSA) is 58.6 Å². The third kappa shape index (κ3) is 7.20. The maximum absolute atomic E-state index is 12.0. The Labute approximate surface area is 116 Å². The number of amides is 2. The van der Waals surface area contributed by atoms with Gasteiger partial charge in [0.05, 0.1) is 0 Å². The first kappa shape index (κ1) is 18.5. The first-order chi connectivity index (χ1) is 8.84. The summed E-state index contributed by atoms with van der Waals surface area (Å²) in [6, 6.07) is -0.257. The zero-order chi connectivity index (χ0) is 16.1. The van der Waals surface area contributed by atoms with Crippen molar-refractivity contribution < 1.29 is 27.5 Å². The summed E-state index contributed by atoms with van der Waals surface area (Å²) < 4.78 is 41.1. The van der Waals surface area contributed by atoms with E-state index in [1.54, 1.807) is 39.9 Å². The van der Waals surface area contributed by atoms with E-state index < -0.39 is 23.8 Å². The molecule has 0 aromatic carbocycles. The van der Waals surface area contributed by atoms with Gasteiger partial charge in [-0.25, -0.2) is 4.79 Å². The lowest BCUT2D eigenvalue weighted by Crippen LogP contribution is -2.46. The van der Waals surface area contributed by atoms with Gasteiger partial charge in [0, 0.05) is 19.1 Å². The van der Waals surface area contributed by atoms with E-state index in [-0.39, 0.29) is 19.1 Å². The number of ether oxygens (including phenoxy) is 1. The fourth-order valence-corrected chi connectivity index (χ4v) is 1.27. The van der Waals surface area contributed by atoms with Crippen LogP contribution in [0.2, 0.25) is 0 Å². The van der Waals surface area contributed by atoms with E-state index in [9.17, 15) is 22.8 Å². The third-order valence-corrected chi connectivity index (χ3v) is 2.15. The van der Waals surface area contributed by atoms with E-state index in [0.29, 0.717) is 0 Å². The second-order valence-corrected chi connectivity index (χ2v) is 5.52. The smallest absolute Gasteiger partial charge is 0.444 e. The largest absolute Gasteiger partial charge is 0.471 e. The zero-order valence-electron chi connectivity index (χ0n) is 12.3. The first-order valence-electron chi connectivity index (χ1n) is 6.19. The maximum atomic E-state index is 12.0. The molecule has 0 saturated carbocycles. The Bertz CT molecular complexity index is 349. The summed E-state index contributed by atoms with van der Waals surface area (Å²) in [4.78, 5) is 23.7. The van der Waals surface area contributed by atoms with Gasteiger partial charge in [0.2, 0.25) is 0 Å². The van der Waals surface area contributed by atoms with E-state index in [0.717, 1.165) is 0 Å². The van der Waals surface area contributed by atoms with Gasteiger partial charge in [0.15, 0.2) is 0 Å². The Morgan fingerprint density at radius 1 is 1.20 bits per heavy atom. The average Bonchev–Trinajstić information content (AvgIpc) is 2.18. The van der Waals surface area contributed by atoms with Crippen molar-refractivity contribution in [2.75, 3.05) is 13.1 Å². The number of rotatable bonds is 4. The minimum absolute atomic E-state index is 0.0611. The van der Waals surface area contributed by atoms with Gasteiger partial charge in [-0.2, -0.15) is 13.2 Å². The summed E-state index contributed by atoms with van der Waals surface area (Å²) in [7, 11) is 0. The number of alkyl halides is 3. The van der Waals surface area contributed by atoms with Gasteiger partial charge in [-0.3, -0.25) is 4.79 Å². The van der Waals surface area contributed by atoms with Gasteiger partial charge in [0.25, 0.3) is 0 Å². The Hall–Kier alpha value is -1.47. The van der Waals surface area contributed by atoms with Gasteiger partial charge in [-0.1, -0.05) is 0 Å². The predicted octanol–water partition coefficient (Wildman–Crippen LogP) is 2.31. The number of hydrogen-bond acceptors (Lipinski definition) is 3. The van der Waals surface area contributed by atoms with Crippen LogP contribution in [-0.4, -0.2) is 47.8 Å². The molecule has 0 aromatic heterocycles. The molecule has 8 heteroatoms. The zero-order valence-corrected chi connectivity index (χ0v) is 12.3. The monoisotopic (exact) mass is 298 g/mol. The SMILES string of the molecule is CC(C)N(CCNC(=O)C(F)(F)F)C(=O)OC(C)(C)C. The van der Waals surface area contributed by atoms with Crippen molar-refractivity contribution >= 4 is 12.0 Å². The van der Waals surface area contributed by atoms with Crippen LogP contribution in [0.4, 0.5) is 18.0 Å². The second-order valence-electron chi connectivity index (χ2n) is 5.52. The summed E-state index contributed by atoms with van der Waals surface area (Å²) in [5.41, 5.74) is -0.695. The van der Waals surface area contributed by atoms with Crippen molar-refractivity contribution in [2.24, 2.45) is 0 Å². The normalized spacial score (nSPS) is 12.2. The Balaban J connectivity index is 4.44. The highest BCUT2D eigenvalue weighted by Crippen LogP contribution is 2.14. The molecule has 0 atom stereocenters. The van der Waals surface area contributed by atoms with E-state index in [1.165, 1.54) is 4.90 Å². The molecular formula is C12H21F3N2O3. The standard InChI is InChI=1S/C12H21F3N2O3/c1-8(2)17(10(19)20-11(3,4)5)7-6-16-9(18)12(13,14)15/h8H,6-7H2,1-5H3,(H,16,18). The van der Waals surface area contributed by atoms with Crippen LogP contribution < -0.4 is 5.32 Å². The Morgan fingerprint density at radius 3 is 2.05 bits per heavy atom. The molecule has 2 amide bonds. The molecule has 0 heterocycles. The summed E-state index contributed by atoms with van der Waals surface area (Å²) >= 11 is 0. The molecule has 0 fully saturated rings. The van der Waals surface area contributed by atoms with Gasteiger partial charge in [-0.15, -0.1) is 0 Å². The number of nitrogens with one attached hydrogen (secondary N) is 1. The van der Waals surface area contributed by atoms with Crippen molar-refractivity contribution in [2.45, 2.75) is 52.4 Å². The fraction of sp³-hybridized carbons (Fsp3) is 0.833. The highest BCUT2D eigenvalue weighted by atomic mass is 19.4. The van der Waals surface area contributed by atoms with Crippen molar-refractivity contribution in [3.05, 3.63) is 0 Å². The summed E-state index contributed by atoms with van der Waals surface area (Å²) in [6.07, 6.45) is -5.55. The quantitative estimate of drug-likeness (QED) is 0.866. The molecule has 0 rings (SSSR count). The number of nitrogens with zero attached hydrogens (tertiary/aromatic N) is 1. The lowest BCUT2D eigenvalue weighted by molar-refractivity contribution is -0.173. The predicted molar refractivity (Wildman–Crippen MR) is 67.1 cm³/mol. The number of hydrogen-bond donors (Lipinski definition) is 1. The van der Waals surface area contributed by atoms with Crippen LogP contribution in [0.25, 0.3) is 0 Å². The molecule has 0 spiro atoms. The van der Waals surface area contributed by atoms with Crippen molar-refractivity contribution in [3.8, 4) is 0 Å². The van der Waals surface area contributed by atoms with Gasteiger partial charge < -0.3 is 15.0 Å². The minimum Gasteiger partial charge on any atom is -0.444 e. The summed E-state index contributed by atoms with van der Waals surface area (Å²) in [5.74, 6) is -2.02. The molecule has 20 heavy (non-hydrogen) atoms. The summed E-state index contributed by atoms with van der Waals surface area (Å²) in [6.45, 7) is 8.12. The fourth-order valence-electron chi connectivity index (χ4n) is 1.27. The molecule has 0 aromatic rings. The highest BCUT2D eigenvalue weighted by molar-refractivity contribution is 5.81. The van der Waals surface area contributed by atoms with Gasteiger partial charge in [0.1, 0.15) is 5.60 Å². The minimum atomic E-state index is -4.92. The van der Waals surface area contributed by atoms with Crippen LogP contribution in [0.15, 0.2) is 0 Å². The van der Waals surface area contributed by atoms with Gasteiger partial charge in [-0.05, 0) is 34.6 Å². The summed E-state index contributed by atoms with van der Waals surface area (Å²) in [5, 5.41) is 1.71. The van der Waals surface area contributed by atoms with Crippen molar-refractivity contribution in [1.29, 1.82) is 0 Å². The number of carbonyl (C=O) groups excluding carboxylic acids is 2. The van der Waals surface area contributed by atoms with Gasteiger partial charge >= 0.3 is 18.2 Å². The van der Waals surface area contributed by atoms with E-state index >= 15 is 0 Å². The van der Waals surface area contributed by atoms with E-state index in [2.05, 4.69) is 0 Å². The molecular weight excluding hydrogens is 277 g/mol. The van der Waals surface area contributed by atoms with Crippen LogP contribution in [0, 0.1) is 0 Å². The average molecular weight is 298 g/mol. The van der Waals surface area contributed by atoms with Crippen LogP contribution in [-0.2, 0) is 9.53 Å². The molecule has 0 aliphatic carbocycles. The van der Waals surface area contributed by atoms with Crippen LogP contribution in [0.5, 0.6) is 0 Å². The van der Waals surface area contributed by atoms with Crippen LogP contribution in [0.1, 0.15) is 34.6 Å². The maximum Gasteiger partial charge on any atom is 0.471 e. The number of carbonyl (C=O) groups is 2. The Kier molecular flexibility index (Phi) is 6.31.